The fourth-order valence-corrected chi connectivity index (χ4v) is 2.86. The van der Waals surface area contributed by atoms with Crippen molar-refractivity contribution in [1.29, 1.82) is 5.26 Å². The topological polar surface area (TPSA) is 49.8 Å². The molecule has 0 spiro atoms. The van der Waals surface area contributed by atoms with E-state index in [2.05, 4.69) is 11.1 Å². The van der Waals surface area contributed by atoms with Gasteiger partial charge in [0.1, 0.15) is 17.4 Å². The Bertz CT molecular complexity index is 981. The molecule has 3 nitrogen and oxygen atoms in total. The van der Waals surface area contributed by atoms with Gasteiger partial charge in [0.05, 0.1) is 5.56 Å². The summed E-state index contributed by atoms with van der Waals surface area (Å²) in [5.41, 5.74) is 1.52. The van der Waals surface area contributed by atoms with E-state index in [1.807, 2.05) is 0 Å². The van der Waals surface area contributed by atoms with E-state index in [-0.39, 0.29) is 28.1 Å². The number of nitrogens with zero attached hydrogens (tertiary/aromatic N) is 2. The van der Waals surface area contributed by atoms with Crippen LogP contribution in [0.25, 0.3) is 22.2 Å². The predicted octanol–water partition coefficient (Wildman–Crippen LogP) is 4.83. The second kappa shape index (κ2) is 4.88. The summed E-state index contributed by atoms with van der Waals surface area (Å²) >= 11 is 0. The Kier molecular flexibility index (Phi) is 2.95. The molecule has 0 saturated heterocycles. The van der Waals surface area contributed by atoms with Gasteiger partial charge in [-0.25, -0.2) is 13.8 Å². The standard InChI is InChI=1S/C18H12F2N2O/c1-9-13(8-21)16-17(23-18(22-16)10-5-6-10)15(20)14(9)11-3-2-4-12(19)7-11/h2-4,7,10H,5-6H2,1H3. The first-order chi connectivity index (χ1) is 11.1. The Labute approximate surface area is 131 Å². The van der Waals surface area contributed by atoms with Crippen LogP contribution >= 0.6 is 0 Å². The van der Waals surface area contributed by atoms with E-state index in [4.69, 9.17) is 4.42 Å². The number of oxazole rings is 1. The van der Waals surface area contributed by atoms with E-state index in [9.17, 15) is 14.0 Å². The molecule has 0 aliphatic heterocycles. The van der Waals surface area contributed by atoms with E-state index in [1.165, 1.54) is 18.2 Å². The summed E-state index contributed by atoms with van der Waals surface area (Å²) in [7, 11) is 0. The van der Waals surface area contributed by atoms with E-state index in [0.29, 0.717) is 17.0 Å². The maximum atomic E-state index is 15.0. The SMILES string of the molecule is Cc1c(-c2cccc(F)c2)c(F)c2oc(C3CC3)nc2c1C#N. The summed E-state index contributed by atoms with van der Waals surface area (Å²) in [6.07, 6.45) is 1.93. The number of fused-ring (bicyclic) bond motifs is 1. The lowest BCUT2D eigenvalue weighted by Crippen LogP contribution is -1.96. The number of hydrogen-bond donors (Lipinski definition) is 0. The Morgan fingerprint density at radius 2 is 2.09 bits per heavy atom. The van der Waals surface area contributed by atoms with E-state index < -0.39 is 11.6 Å². The molecule has 23 heavy (non-hydrogen) atoms. The van der Waals surface area contributed by atoms with Crippen molar-refractivity contribution in [3.05, 3.63) is 52.9 Å². The molecule has 1 aromatic heterocycles. The third kappa shape index (κ3) is 2.10. The van der Waals surface area contributed by atoms with Crippen molar-refractivity contribution < 1.29 is 13.2 Å². The second-order valence-electron chi connectivity index (χ2n) is 5.82. The van der Waals surface area contributed by atoms with Crippen LogP contribution in [0.4, 0.5) is 8.78 Å². The van der Waals surface area contributed by atoms with Crippen LogP contribution < -0.4 is 0 Å². The molecular weight excluding hydrogens is 298 g/mol. The van der Waals surface area contributed by atoms with Crippen LogP contribution in [-0.4, -0.2) is 4.98 Å². The van der Waals surface area contributed by atoms with Gasteiger partial charge in [-0.05, 0) is 43.0 Å². The van der Waals surface area contributed by atoms with Gasteiger partial charge >= 0.3 is 0 Å². The van der Waals surface area contributed by atoms with Crippen molar-refractivity contribution in [2.45, 2.75) is 25.7 Å². The van der Waals surface area contributed by atoms with Crippen LogP contribution in [0.1, 0.15) is 35.8 Å². The zero-order valence-corrected chi connectivity index (χ0v) is 12.4. The largest absolute Gasteiger partial charge is 0.437 e. The minimum Gasteiger partial charge on any atom is -0.437 e. The molecule has 0 atom stereocenters. The van der Waals surface area contributed by atoms with Crippen molar-refractivity contribution in [3.8, 4) is 17.2 Å². The summed E-state index contributed by atoms with van der Waals surface area (Å²) in [4.78, 5) is 4.32. The maximum absolute atomic E-state index is 15.0. The van der Waals surface area contributed by atoms with Crippen molar-refractivity contribution in [3.63, 3.8) is 0 Å². The summed E-state index contributed by atoms with van der Waals surface area (Å²) in [6, 6.07) is 7.74. The third-order valence-electron chi connectivity index (χ3n) is 4.20. The normalized spacial score (nSPS) is 14.2. The fourth-order valence-electron chi connectivity index (χ4n) is 2.86. The average Bonchev–Trinajstić information content (AvgIpc) is 3.28. The monoisotopic (exact) mass is 310 g/mol. The molecule has 0 bridgehead atoms. The molecule has 1 heterocycles. The van der Waals surface area contributed by atoms with Gasteiger partial charge < -0.3 is 4.42 Å². The smallest absolute Gasteiger partial charge is 0.198 e. The average molecular weight is 310 g/mol. The molecule has 1 fully saturated rings. The minimum absolute atomic E-state index is 0.0201. The van der Waals surface area contributed by atoms with Gasteiger partial charge in [-0.3, -0.25) is 0 Å². The van der Waals surface area contributed by atoms with Crippen LogP contribution in [0.3, 0.4) is 0 Å². The van der Waals surface area contributed by atoms with Gasteiger partial charge in [0.25, 0.3) is 0 Å². The van der Waals surface area contributed by atoms with Gasteiger partial charge in [-0.2, -0.15) is 5.26 Å². The number of aromatic nitrogens is 1. The zero-order valence-electron chi connectivity index (χ0n) is 12.4. The number of nitriles is 1. The summed E-state index contributed by atoms with van der Waals surface area (Å²) in [5, 5.41) is 9.47. The molecule has 2 aromatic carbocycles. The quantitative estimate of drug-likeness (QED) is 0.681. The predicted molar refractivity (Wildman–Crippen MR) is 80.8 cm³/mol. The van der Waals surface area contributed by atoms with Crippen LogP contribution in [-0.2, 0) is 0 Å². The Balaban J connectivity index is 2.06. The van der Waals surface area contributed by atoms with Crippen molar-refractivity contribution >= 4 is 11.1 Å². The number of rotatable bonds is 2. The molecule has 114 valence electrons. The lowest BCUT2D eigenvalue weighted by molar-refractivity contribution is 0.509. The molecule has 4 rings (SSSR count). The highest BCUT2D eigenvalue weighted by Gasteiger charge is 2.31. The number of hydrogen-bond acceptors (Lipinski definition) is 3. The van der Waals surface area contributed by atoms with E-state index in [1.54, 1.807) is 13.0 Å². The van der Waals surface area contributed by atoms with Crippen LogP contribution in [0, 0.1) is 29.9 Å². The molecule has 1 aliphatic rings. The lowest BCUT2D eigenvalue weighted by atomic mass is 9.95. The summed E-state index contributed by atoms with van der Waals surface area (Å²) in [5.74, 6) is -0.366. The highest BCUT2D eigenvalue weighted by atomic mass is 19.1. The Morgan fingerprint density at radius 1 is 1.30 bits per heavy atom. The van der Waals surface area contributed by atoms with Gasteiger partial charge in [-0.1, -0.05) is 12.1 Å². The minimum atomic E-state index is -0.596. The van der Waals surface area contributed by atoms with Crippen molar-refractivity contribution in [2.24, 2.45) is 0 Å². The van der Waals surface area contributed by atoms with Crippen molar-refractivity contribution in [2.75, 3.05) is 0 Å². The summed E-state index contributed by atoms with van der Waals surface area (Å²) in [6.45, 7) is 1.65. The molecule has 0 radical (unpaired) electrons. The molecule has 0 N–H and O–H groups in total. The van der Waals surface area contributed by atoms with E-state index in [0.717, 1.165) is 12.8 Å². The molecule has 1 saturated carbocycles. The molecule has 3 aromatic rings. The van der Waals surface area contributed by atoms with Crippen LogP contribution in [0.15, 0.2) is 28.7 Å². The highest BCUT2D eigenvalue weighted by molar-refractivity contribution is 5.89. The third-order valence-corrected chi connectivity index (χ3v) is 4.20. The van der Waals surface area contributed by atoms with E-state index >= 15 is 0 Å². The zero-order chi connectivity index (χ0) is 16.1. The Hall–Kier alpha value is -2.74. The summed E-state index contributed by atoms with van der Waals surface area (Å²) < 4.78 is 34.1. The fraction of sp³-hybridized carbons (Fsp3) is 0.222. The number of benzene rings is 2. The van der Waals surface area contributed by atoms with Crippen molar-refractivity contribution in [1.82, 2.24) is 4.98 Å². The van der Waals surface area contributed by atoms with Gasteiger partial charge in [0.2, 0.25) is 0 Å². The first-order valence-electron chi connectivity index (χ1n) is 7.38. The first kappa shape index (κ1) is 13.9. The second-order valence-corrected chi connectivity index (χ2v) is 5.82. The lowest BCUT2D eigenvalue weighted by Gasteiger charge is -2.10. The molecule has 0 unspecified atom stereocenters. The first-order valence-corrected chi connectivity index (χ1v) is 7.38. The van der Waals surface area contributed by atoms with Gasteiger partial charge in [-0.15, -0.1) is 0 Å². The molecule has 5 heteroatoms. The Morgan fingerprint density at radius 3 is 2.74 bits per heavy atom. The van der Waals surface area contributed by atoms with Crippen LogP contribution in [0.2, 0.25) is 0 Å². The highest BCUT2D eigenvalue weighted by Crippen LogP contribution is 2.43. The molecular formula is C18H12F2N2O. The van der Waals surface area contributed by atoms with Gasteiger partial charge in [0, 0.05) is 11.5 Å². The molecule has 1 aliphatic carbocycles. The van der Waals surface area contributed by atoms with Gasteiger partial charge in [0.15, 0.2) is 17.3 Å². The maximum Gasteiger partial charge on any atom is 0.198 e. The van der Waals surface area contributed by atoms with Crippen LogP contribution in [0.5, 0.6) is 0 Å². The molecule has 0 amide bonds. The number of halogens is 2.